The van der Waals surface area contributed by atoms with Gasteiger partial charge in [-0.05, 0) is 75.6 Å². The summed E-state index contributed by atoms with van der Waals surface area (Å²) in [6.07, 6.45) is 7.00. The second-order valence-electron chi connectivity index (χ2n) is 10.1. The summed E-state index contributed by atoms with van der Waals surface area (Å²) in [4.78, 5) is 5.44. The van der Waals surface area contributed by atoms with Crippen molar-refractivity contribution in [3.63, 3.8) is 0 Å². The number of methoxy groups -OCH3 is 2. The molecule has 6 rings (SSSR count). The van der Waals surface area contributed by atoms with Crippen molar-refractivity contribution in [3.05, 3.63) is 11.6 Å². The van der Waals surface area contributed by atoms with Crippen LogP contribution in [0.4, 0.5) is 5.69 Å². The highest BCUT2D eigenvalue weighted by molar-refractivity contribution is 5.81. The largest absolute Gasteiger partial charge is 0.493 e. The summed E-state index contributed by atoms with van der Waals surface area (Å²) < 4.78 is 17.9. The van der Waals surface area contributed by atoms with E-state index in [-0.39, 0.29) is 10.8 Å². The molecule has 5 unspecified atom stereocenters. The highest BCUT2D eigenvalue weighted by Gasteiger charge is 2.69. The van der Waals surface area contributed by atoms with Crippen LogP contribution in [-0.2, 0) is 5.41 Å². The van der Waals surface area contributed by atoms with Gasteiger partial charge < -0.3 is 24.2 Å². The van der Waals surface area contributed by atoms with E-state index in [1.165, 1.54) is 49.9 Å². The molecule has 1 saturated carbocycles. The molecule has 5 atom stereocenters. The van der Waals surface area contributed by atoms with Crippen LogP contribution in [0.2, 0.25) is 0 Å². The summed E-state index contributed by atoms with van der Waals surface area (Å²) >= 11 is 0. The molecule has 5 aliphatic rings. The average molecular weight is 415 g/mol. The number of fused-ring (bicyclic) bond motifs is 1. The zero-order chi connectivity index (χ0) is 20.7. The second kappa shape index (κ2) is 6.42. The first kappa shape index (κ1) is 19.1. The van der Waals surface area contributed by atoms with Gasteiger partial charge in [0.2, 0.25) is 5.75 Å². The van der Waals surface area contributed by atoms with Crippen LogP contribution in [-0.4, -0.2) is 68.7 Å². The van der Waals surface area contributed by atoms with Crippen LogP contribution in [0, 0.1) is 5.41 Å². The summed E-state index contributed by atoms with van der Waals surface area (Å²) in [5.74, 6) is 2.38. The molecular formula is C24H34N2O4. The molecule has 2 saturated heterocycles. The summed E-state index contributed by atoms with van der Waals surface area (Å²) in [7, 11) is 3.43. The fraction of sp³-hybridized carbons (Fsp3) is 0.750. The number of ether oxygens (including phenoxy) is 3. The third kappa shape index (κ3) is 2.07. The Morgan fingerprint density at radius 1 is 1.20 bits per heavy atom. The van der Waals surface area contributed by atoms with Crippen LogP contribution in [0.15, 0.2) is 6.07 Å². The van der Waals surface area contributed by atoms with Gasteiger partial charge >= 0.3 is 0 Å². The van der Waals surface area contributed by atoms with Gasteiger partial charge in [0.15, 0.2) is 11.5 Å². The van der Waals surface area contributed by atoms with Gasteiger partial charge in [-0.1, -0.05) is 0 Å². The molecule has 0 bridgehead atoms. The minimum absolute atomic E-state index is 0.0828. The van der Waals surface area contributed by atoms with E-state index in [1.54, 1.807) is 14.2 Å². The smallest absolute Gasteiger partial charge is 0.205 e. The third-order valence-electron chi connectivity index (χ3n) is 9.12. The van der Waals surface area contributed by atoms with E-state index in [0.717, 1.165) is 30.2 Å². The van der Waals surface area contributed by atoms with Crippen molar-refractivity contribution in [2.45, 2.75) is 69.0 Å². The van der Waals surface area contributed by atoms with Crippen molar-refractivity contribution in [1.29, 1.82) is 0 Å². The van der Waals surface area contributed by atoms with Crippen LogP contribution in [0.1, 0.15) is 51.0 Å². The SMILES string of the molecule is COc1cc2c3c(c1OC)OCC(C)N3C1CCC3(CCO)CCCN4CCC21C43. The molecule has 0 radical (unpaired) electrons. The first-order chi connectivity index (χ1) is 14.6. The lowest BCUT2D eigenvalue weighted by molar-refractivity contribution is -0.0462. The molecule has 1 aromatic rings. The molecule has 164 valence electrons. The average Bonchev–Trinajstić information content (AvgIpc) is 3.29. The first-order valence-corrected chi connectivity index (χ1v) is 11.7. The van der Waals surface area contributed by atoms with Crippen LogP contribution >= 0.6 is 0 Å². The predicted octanol–water partition coefficient (Wildman–Crippen LogP) is 2.94. The lowest BCUT2D eigenvalue weighted by atomic mass is 9.52. The fourth-order valence-electron chi connectivity index (χ4n) is 8.28. The fourth-order valence-corrected chi connectivity index (χ4v) is 8.28. The Balaban J connectivity index is 1.62. The topological polar surface area (TPSA) is 54.4 Å². The van der Waals surface area contributed by atoms with Crippen molar-refractivity contribution in [2.75, 3.05) is 45.4 Å². The maximum absolute atomic E-state index is 10.0. The number of anilines is 1. The highest BCUT2D eigenvalue weighted by atomic mass is 16.5. The van der Waals surface area contributed by atoms with Gasteiger partial charge in [0.25, 0.3) is 0 Å². The lowest BCUT2D eigenvalue weighted by Crippen LogP contribution is -2.65. The monoisotopic (exact) mass is 414 g/mol. The van der Waals surface area contributed by atoms with Gasteiger partial charge in [0.1, 0.15) is 6.61 Å². The summed E-state index contributed by atoms with van der Waals surface area (Å²) in [6, 6.07) is 3.59. The van der Waals surface area contributed by atoms with Crippen molar-refractivity contribution in [1.82, 2.24) is 4.90 Å². The molecule has 3 fully saturated rings. The minimum atomic E-state index is 0.0828. The van der Waals surface area contributed by atoms with Crippen molar-refractivity contribution < 1.29 is 19.3 Å². The number of piperidine rings is 1. The van der Waals surface area contributed by atoms with E-state index in [0.29, 0.717) is 31.3 Å². The Labute approximate surface area is 179 Å². The number of nitrogens with zero attached hydrogens (tertiary/aromatic N) is 2. The zero-order valence-corrected chi connectivity index (χ0v) is 18.4. The van der Waals surface area contributed by atoms with Crippen molar-refractivity contribution in [3.8, 4) is 17.2 Å². The molecule has 4 heterocycles. The molecule has 6 heteroatoms. The molecule has 0 aromatic heterocycles. The first-order valence-electron chi connectivity index (χ1n) is 11.7. The maximum atomic E-state index is 10.0. The molecule has 1 spiro atoms. The standard InChI is InChI=1S/C24H34N2O4/c1-15-14-30-21-19-16(13-17(28-2)20(21)29-3)24-8-11-25-10-4-6-23(9-12-27,22(24)25)7-5-18(24)26(15)19/h13,15,18,22,27H,4-12,14H2,1-3H3. The minimum Gasteiger partial charge on any atom is -0.493 e. The van der Waals surface area contributed by atoms with E-state index >= 15 is 0 Å². The zero-order valence-electron chi connectivity index (χ0n) is 18.4. The van der Waals surface area contributed by atoms with E-state index in [1.807, 2.05) is 0 Å². The van der Waals surface area contributed by atoms with Crippen LogP contribution in [0.25, 0.3) is 0 Å². The number of benzene rings is 1. The summed E-state index contributed by atoms with van der Waals surface area (Å²) in [5, 5.41) is 10.0. The van der Waals surface area contributed by atoms with E-state index in [2.05, 4.69) is 22.8 Å². The molecule has 1 aromatic carbocycles. The summed E-state index contributed by atoms with van der Waals surface area (Å²) in [6.45, 7) is 5.61. The Hall–Kier alpha value is -1.66. The van der Waals surface area contributed by atoms with Crippen LogP contribution < -0.4 is 19.1 Å². The second-order valence-corrected chi connectivity index (χ2v) is 10.1. The molecule has 1 aliphatic carbocycles. The van der Waals surface area contributed by atoms with Gasteiger partial charge in [0, 0.05) is 24.1 Å². The van der Waals surface area contributed by atoms with Gasteiger partial charge in [-0.25, -0.2) is 0 Å². The normalized spacial score (nSPS) is 38.5. The van der Waals surface area contributed by atoms with Crippen LogP contribution in [0.5, 0.6) is 17.2 Å². The van der Waals surface area contributed by atoms with Crippen LogP contribution in [0.3, 0.4) is 0 Å². The molecule has 4 aliphatic heterocycles. The summed E-state index contributed by atoms with van der Waals surface area (Å²) in [5.41, 5.74) is 2.96. The van der Waals surface area contributed by atoms with Gasteiger partial charge in [-0.15, -0.1) is 0 Å². The lowest BCUT2D eigenvalue weighted by Gasteiger charge is -2.59. The third-order valence-corrected chi connectivity index (χ3v) is 9.12. The molecule has 1 N–H and O–H groups in total. The van der Waals surface area contributed by atoms with Gasteiger partial charge in [0.05, 0.1) is 25.9 Å². The Bertz CT molecular complexity index is 871. The highest BCUT2D eigenvalue weighted by Crippen LogP contribution is 2.69. The number of hydrogen-bond donors (Lipinski definition) is 1. The number of aliphatic hydroxyl groups is 1. The quantitative estimate of drug-likeness (QED) is 0.818. The Morgan fingerprint density at radius 2 is 2.07 bits per heavy atom. The van der Waals surface area contributed by atoms with Gasteiger partial charge in [-0.2, -0.15) is 0 Å². The van der Waals surface area contributed by atoms with E-state index < -0.39 is 0 Å². The number of hydrogen-bond acceptors (Lipinski definition) is 6. The van der Waals surface area contributed by atoms with E-state index in [9.17, 15) is 5.11 Å². The van der Waals surface area contributed by atoms with E-state index in [4.69, 9.17) is 14.2 Å². The van der Waals surface area contributed by atoms with Crippen molar-refractivity contribution >= 4 is 5.69 Å². The number of aliphatic hydroxyl groups excluding tert-OH is 1. The number of rotatable bonds is 4. The maximum Gasteiger partial charge on any atom is 0.205 e. The molecule has 6 nitrogen and oxygen atoms in total. The predicted molar refractivity (Wildman–Crippen MR) is 115 cm³/mol. The van der Waals surface area contributed by atoms with Crippen molar-refractivity contribution in [2.24, 2.45) is 5.41 Å². The Morgan fingerprint density at radius 3 is 2.83 bits per heavy atom. The molecule has 30 heavy (non-hydrogen) atoms. The molecule has 0 amide bonds. The molecular weight excluding hydrogens is 380 g/mol. The Kier molecular flexibility index (Phi) is 4.08. The van der Waals surface area contributed by atoms with Gasteiger partial charge in [-0.3, -0.25) is 4.90 Å².